The van der Waals surface area contributed by atoms with Crippen LogP contribution in [0.1, 0.15) is 37.5 Å². The lowest BCUT2D eigenvalue weighted by molar-refractivity contribution is -0.145. The Labute approximate surface area is 206 Å². The van der Waals surface area contributed by atoms with Crippen LogP contribution in [0, 0.1) is 5.41 Å². The van der Waals surface area contributed by atoms with Crippen molar-refractivity contribution in [2.24, 2.45) is 5.73 Å². The normalized spacial score (nSPS) is 19.3. The highest BCUT2D eigenvalue weighted by atomic mass is 35.5. The lowest BCUT2D eigenvalue weighted by atomic mass is 9.98. The average Bonchev–Trinajstić information content (AvgIpc) is 2.87. The minimum absolute atomic E-state index is 0.107. The predicted octanol–water partition coefficient (Wildman–Crippen LogP) is 5.17. The summed E-state index contributed by atoms with van der Waals surface area (Å²) in [6, 6.07) is 9.53. The maximum absolute atomic E-state index is 14.4. The number of nitrogens with one attached hydrogen (secondary N) is 1. The number of benzene rings is 2. The van der Waals surface area contributed by atoms with Crippen LogP contribution in [0.4, 0.5) is 14.5 Å². The quantitative estimate of drug-likeness (QED) is 0.493. The molecule has 0 saturated heterocycles. The molecule has 0 spiro atoms. The van der Waals surface area contributed by atoms with Crippen molar-refractivity contribution >= 4 is 40.7 Å². The number of anilines is 1. The summed E-state index contributed by atoms with van der Waals surface area (Å²) in [5, 5.41) is 9.26. The van der Waals surface area contributed by atoms with Gasteiger partial charge in [-0.05, 0) is 31.2 Å². The Kier molecular flexibility index (Phi) is 8.02. The van der Waals surface area contributed by atoms with Crippen molar-refractivity contribution in [1.29, 1.82) is 5.41 Å². The summed E-state index contributed by atoms with van der Waals surface area (Å²) < 4.78 is 45.4. The van der Waals surface area contributed by atoms with Crippen LogP contribution in [0.5, 0.6) is 5.75 Å². The molecule has 0 aromatic heterocycles. The number of fused-ring (bicyclic) bond motifs is 1. The van der Waals surface area contributed by atoms with E-state index in [0.717, 1.165) is 4.90 Å². The molecule has 2 aromatic carbocycles. The summed E-state index contributed by atoms with van der Waals surface area (Å²) in [5.74, 6) is -4.12. The van der Waals surface area contributed by atoms with E-state index in [0.29, 0.717) is 28.8 Å². The van der Waals surface area contributed by atoms with Gasteiger partial charge in [0.2, 0.25) is 0 Å². The molecule has 0 amide bonds. The van der Waals surface area contributed by atoms with Crippen LogP contribution in [-0.4, -0.2) is 43.7 Å². The van der Waals surface area contributed by atoms with E-state index in [1.165, 1.54) is 25.3 Å². The van der Waals surface area contributed by atoms with E-state index in [1.807, 2.05) is 0 Å². The summed E-state index contributed by atoms with van der Waals surface area (Å²) in [6.07, 6.45) is -4.58. The third-order valence-corrected chi connectivity index (χ3v) is 5.99. The number of nitrogens with zero attached hydrogens (tertiary/aromatic N) is 1. The molecule has 3 N–H and O–H groups in total. The van der Waals surface area contributed by atoms with Crippen molar-refractivity contribution in [3.63, 3.8) is 0 Å². The molecule has 184 valence electrons. The lowest BCUT2D eigenvalue weighted by Crippen LogP contribution is -2.57. The highest BCUT2D eigenvalue weighted by Gasteiger charge is 2.44. The van der Waals surface area contributed by atoms with E-state index >= 15 is 0 Å². The number of methoxy groups -OCH3 is 1. The molecule has 34 heavy (non-hydrogen) atoms. The zero-order chi connectivity index (χ0) is 25.2. The molecule has 0 radical (unpaired) electrons. The Morgan fingerprint density at radius 2 is 2.00 bits per heavy atom. The van der Waals surface area contributed by atoms with E-state index in [-0.39, 0.29) is 17.3 Å². The van der Waals surface area contributed by atoms with Gasteiger partial charge in [-0.15, -0.1) is 0 Å². The number of hydrogen-bond donors (Lipinski definition) is 2. The first-order chi connectivity index (χ1) is 16.0. The van der Waals surface area contributed by atoms with Crippen LogP contribution in [0.2, 0.25) is 10.0 Å². The number of amidine groups is 1. The Morgan fingerprint density at radius 3 is 2.62 bits per heavy atom. The van der Waals surface area contributed by atoms with Gasteiger partial charge in [0.25, 0.3) is 5.92 Å². The Balaban J connectivity index is 2.25. The number of rotatable bonds is 7. The van der Waals surface area contributed by atoms with Crippen LogP contribution in [0.3, 0.4) is 0 Å². The minimum atomic E-state index is -3.40. The van der Waals surface area contributed by atoms with E-state index < -0.39 is 42.5 Å². The molecule has 2 unspecified atom stereocenters. The summed E-state index contributed by atoms with van der Waals surface area (Å²) >= 11 is 12.8. The van der Waals surface area contributed by atoms with Crippen LogP contribution in [0.15, 0.2) is 36.4 Å². The SMILES string of the molecule is CCOC(=O)C[C@@H]1OC(c2cccc(OC)c2Cl)c2cc(Cl)ccc2N(C(N)C(C)(F)F)C1=N. The standard InChI is InChI=1S/C23H25Cl2F2N3O4/c1-4-33-18(31)11-17-21(28)30(22(29)23(2,26)27)15-9-8-12(24)10-14(15)20(34-17)13-6-5-7-16(32-3)19(13)25/h5-10,17,20,22,28H,4,11,29H2,1-3H3/t17-,20?,22?/m0/s1. The molecule has 11 heteroatoms. The number of halogens is 4. The molecular weight excluding hydrogens is 491 g/mol. The number of nitrogens with two attached hydrogens (primary N) is 1. The van der Waals surface area contributed by atoms with Crippen molar-refractivity contribution in [2.75, 3.05) is 18.6 Å². The summed E-state index contributed by atoms with van der Waals surface area (Å²) in [5.41, 5.74) is 6.89. The minimum Gasteiger partial charge on any atom is -0.495 e. The Morgan fingerprint density at radius 1 is 1.29 bits per heavy atom. The topological polar surface area (TPSA) is 97.9 Å². The largest absolute Gasteiger partial charge is 0.495 e. The highest BCUT2D eigenvalue weighted by molar-refractivity contribution is 6.33. The van der Waals surface area contributed by atoms with Gasteiger partial charge in [-0.3, -0.25) is 10.2 Å². The zero-order valence-electron chi connectivity index (χ0n) is 18.8. The van der Waals surface area contributed by atoms with E-state index in [2.05, 4.69) is 0 Å². The molecule has 1 aliphatic rings. The van der Waals surface area contributed by atoms with Gasteiger partial charge in [0, 0.05) is 23.1 Å². The first-order valence-corrected chi connectivity index (χ1v) is 11.2. The van der Waals surface area contributed by atoms with Gasteiger partial charge in [-0.1, -0.05) is 35.3 Å². The zero-order valence-corrected chi connectivity index (χ0v) is 20.3. The first-order valence-electron chi connectivity index (χ1n) is 10.4. The molecule has 3 atom stereocenters. The number of hydrogen-bond acceptors (Lipinski definition) is 6. The Bertz CT molecular complexity index is 1080. The number of alkyl halides is 2. The highest BCUT2D eigenvalue weighted by Crippen LogP contribution is 2.45. The van der Waals surface area contributed by atoms with Gasteiger partial charge in [-0.2, -0.15) is 0 Å². The van der Waals surface area contributed by atoms with Crippen molar-refractivity contribution in [3.8, 4) is 5.75 Å². The fourth-order valence-corrected chi connectivity index (χ4v) is 4.20. The molecule has 3 rings (SSSR count). The molecule has 2 aromatic rings. The third kappa shape index (κ3) is 5.27. The maximum atomic E-state index is 14.4. The second-order valence-electron chi connectivity index (χ2n) is 7.74. The van der Waals surface area contributed by atoms with E-state index in [9.17, 15) is 13.6 Å². The summed E-state index contributed by atoms with van der Waals surface area (Å²) in [7, 11) is 1.45. The molecule has 0 fully saturated rings. The lowest BCUT2D eigenvalue weighted by Gasteiger charge is -2.35. The molecule has 1 aliphatic heterocycles. The fraction of sp³-hybridized carbons (Fsp3) is 0.391. The number of esters is 1. The Hall–Kier alpha value is -2.46. The number of carbonyl (C=O) groups excluding carboxylic acids is 1. The summed E-state index contributed by atoms with van der Waals surface area (Å²) in [4.78, 5) is 13.3. The monoisotopic (exact) mass is 515 g/mol. The predicted molar refractivity (Wildman–Crippen MR) is 126 cm³/mol. The van der Waals surface area contributed by atoms with Gasteiger partial charge in [0.05, 0.1) is 30.8 Å². The van der Waals surface area contributed by atoms with Gasteiger partial charge in [0.15, 0.2) is 0 Å². The van der Waals surface area contributed by atoms with Crippen LogP contribution >= 0.6 is 23.2 Å². The third-order valence-electron chi connectivity index (χ3n) is 5.35. The average molecular weight is 516 g/mol. The van der Waals surface area contributed by atoms with E-state index in [4.69, 9.17) is 48.6 Å². The van der Waals surface area contributed by atoms with Crippen LogP contribution < -0.4 is 15.4 Å². The first kappa shape index (κ1) is 26.2. The molecule has 0 bridgehead atoms. The van der Waals surface area contributed by atoms with Gasteiger partial charge >= 0.3 is 5.97 Å². The van der Waals surface area contributed by atoms with Gasteiger partial charge < -0.3 is 24.8 Å². The smallest absolute Gasteiger partial charge is 0.308 e. The maximum Gasteiger partial charge on any atom is 0.308 e. The summed E-state index contributed by atoms with van der Waals surface area (Å²) in [6.45, 7) is 2.40. The van der Waals surface area contributed by atoms with Crippen molar-refractivity contribution in [1.82, 2.24) is 0 Å². The number of ether oxygens (including phenoxy) is 3. The molecule has 7 nitrogen and oxygen atoms in total. The second kappa shape index (κ2) is 10.4. The molecule has 0 saturated carbocycles. The fourth-order valence-electron chi connectivity index (χ4n) is 3.71. The number of carbonyl (C=O) groups is 1. The van der Waals surface area contributed by atoms with Crippen LogP contribution in [-0.2, 0) is 14.3 Å². The van der Waals surface area contributed by atoms with E-state index in [1.54, 1.807) is 25.1 Å². The van der Waals surface area contributed by atoms with Gasteiger partial charge in [-0.25, -0.2) is 8.78 Å². The molecule has 0 aliphatic carbocycles. The van der Waals surface area contributed by atoms with Gasteiger partial charge in [0.1, 0.15) is 30.0 Å². The van der Waals surface area contributed by atoms with Crippen LogP contribution in [0.25, 0.3) is 0 Å². The molecule has 1 heterocycles. The van der Waals surface area contributed by atoms with Crippen molar-refractivity contribution < 1.29 is 27.8 Å². The second-order valence-corrected chi connectivity index (χ2v) is 8.55. The molecular formula is C23H25Cl2F2N3O4. The van der Waals surface area contributed by atoms with Crippen molar-refractivity contribution in [3.05, 3.63) is 57.6 Å². The van der Waals surface area contributed by atoms with Crippen molar-refractivity contribution in [2.45, 2.75) is 44.6 Å².